The molecule has 3 rings (SSSR count). The van der Waals surface area contributed by atoms with Gasteiger partial charge >= 0.3 is 0 Å². The molecule has 1 aliphatic rings. The monoisotopic (exact) mass is 359 g/mol. The highest BCUT2D eigenvalue weighted by Crippen LogP contribution is 2.36. The van der Waals surface area contributed by atoms with Crippen molar-refractivity contribution in [3.05, 3.63) is 65.2 Å². The van der Waals surface area contributed by atoms with Gasteiger partial charge in [-0.3, -0.25) is 9.08 Å². The number of rotatable bonds is 5. The van der Waals surface area contributed by atoms with Crippen LogP contribution in [0.2, 0.25) is 0 Å². The minimum Gasteiger partial charge on any atom is -0.296 e. The Bertz CT molecular complexity index is 833. The van der Waals surface area contributed by atoms with E-state index in [-0.39, 0.29) is 5.92 Å². The van der Waals surface area contributed by atoms with E-state index >= 15 is 0 Å². The van der Waals surface area contributed by atoms with E-state index in [1.807, 2.05) is 25.1 Å². The molecule has 1 heterocycles. The van der Waals surface area contributed by atoms with Gasteiger partial charge in [-0.05, 0) is 43.4 Å². The van der Waals surface area contributed by atoms with Gasteiger partial charge in [-0.15, -0.1) is 0 Å². The lowest BCUT2D eigenvalue weighted by atomic mass is 9.95. The van der Waals surface area contributed by atoms with Gasteiger partial charge in [0.25, 0.3) is 10.1 Å². The van der Waals surface area contributed by atoms with Crippen molar-refractivity contribution in [3.63, 3.8) is 0 Å². The van der Waals surface area contributed by atoms with E-state index in [4.69, 9.17) is 4.18 Å². The van der Waals surface area contributed by atoms with Crippen LogP contribution in [0.1, 0.15) is 36.0 Å². The quantitative estimate of drug-likeness (QED) is 0.764. The Labute approximate surface area is 150 Å². The molecule has 2 aromatic rings. The predicted octanol–water partition coefficient (Wildman–Crippen LogP) is 3.71. The second-order valence-electron chi connectivity index (χ2n) is 6.86. The average molecular weight is 359 g/mol. The summed E-state index contributed by atoms with van der Waals surface area (Å²) in [7, 11) is -2.48. The number of hydrogen-bond donors (Lipinski definition) is 0. The summed E-state index contributed by atoms with van der Waals surface area (Å²) in [4.78, 5) is 2.73. The standard InChI is InChI=1S/C20H25NO3S/c1-15-9-10-20(25(22,23)24-3)19(11-15)18-12-16(2)21(14-18)13-17-7-5-4-6-8-17/h4-11,16,18H,12-14H2,1-3H3. The third kappa shape index (κ3) is 3.94. The molecule has 25 heavy (non-hydrogen) atoms. The second-order valence-corrected chi connectivity index (χ2v) is 8.54. The lowest BCUT2D eigenvalue weighted by Crippen LogP contribution is -2.26. The van der Waals surface area contributed by atoms with Crippen LogP contribution in [0.5, 0.6) is 0 Å². The van der Waals surface area contributed by atoms with Crippen molar-refractivity contribution in [1.29, 1.82) is 0 Å². The summed E-state index contributed by atoms with van der Waals surface area (Å²) in [5.41, 5.74) is 3.23. The molecule has 134 valence electrons. The first-order valence-electron chi connectivity index (χ1n) is 8.60. The van der Waals surface area contributed by atoms with Crippen LogP contribution < -0.4 is 0 Å². The summed E-state index contributed by atoms with van der Waals surface area (Å²) in [5.74, 6) is 0.193. The summed E-state index contributed by atoms with van der Waals surface area (Å²) < 4.78 is 29.4. The van der Waals surface area contributed by atoms with Crippen molar-refractivity contribution in [2.75, 3.05) is 13.7 Å². The first-order valence-corrected chi connectivity index (χ1v) is 10.0. The Morgan fingerprint density at radius 2 is 1.88 bits per heavy atom. The lowest BCUT2D eigenvalue weighted by molar-refractivity contribution is 0.258. The summed E-state index contributed by atoms with van der Waals surface area (Å²) in [6.45, 7) is 5.94. The van der Waals surface area contributed by atoms with Gasteiger partial charge in [-0.1, -0.05) is 48.0 Å². The maximum Gasteiger partial charge on any atom is 0.296 e. The maximum absolute atomic E-state index is 12.3. The molecule has 0 aliphatic carbocycles. The van der Waals surface area contributed by atoms with Crippen LogP contribution in [0.15, 0.2) is 53.4 Å². The summed E-state index contributed by atoms with van der Waals surface area (Å²) >= 11 is 0. The second kappa shape index (κ2) is 7.28. The molecule has 5 heteroatoms. The van der Waals surface area contributed by atoms with Gasteiger partial charge in [0.2, 0.25) is 0 Å². The van der Waals surface area contributed by atoms with E-state index < -0.39 is 10.1 Å². The fourth-order valence-electron chi connectivity index (χ4n) is 3.67. The Morgan fingerprint density at radius 3 is 2.56 bits per heavy atom. The summed E-state index contributed by atoms with van der Waals surface area (Å²) in [5, 5.41) is 0. The van der Waals surface area contributed by atoms with Gasteiger partial charge in [-0.2, -0.15) is 8.42 Å². The number of hydrogen-bond acceptors (Lipinski definition) is 4. The van der Waals surface area contributed by atoms with Crippen LogP contribution >= 0.6 is 0 Å². The first-order chi connectivity index (χ1) is 11.9. The highest BCUT2D eigenvalue weighted by molar-refractivity contribution is 7.86. The van der Waals surface area contributed by atoms with Crippen molar-refractivity contribution >= 4 is 10.1 Å². The fraction of sp³-hybridized carbons (Fsp3) is 0.400. The van der Waals surface area contributed by atoms with Crippen LogP contribution in [0, 0.1) is 6.92 Å². The minimum absolute atomic E-state index is 0.193. The number of aryl methyl sites for hydroxylation is 1. The zero-order valence-corrected chi connectivity index (χ0v) is 15.8. The Morgan fingerprint density at radius 1 is 1.16 bits per heavy atom. The molecule has 0 bridgehead atoms. The molecule has 4 nitrogen and oxygen atoms in total. The van der Waals surface area contributed by atoms with Crippen molar-refractivity contribution in [2.45, 2.75) is 43.7 Å². The molecule has 1 saturated heterocycles. The highest BCUT2D eigenvalue weighted by atomic mass is 32.2. The van der Waals surface area contributed by atoms with Crippen LogP contribution in [0.3, 0.4) is 0 Å². The van der Waals surface area contributed by atoms with Crippen LogP contribution in [-0.2, 0) is 20.8 Å². The number of benzene rings is 2. The van der Waals surface area contributed by atoms with Gasteiger partial charge in [0.05, 0.1) is 12.0 Å². The van der Waals surface area contributed by atoms with Gasteiger partial charge in [-0.25, -0.2) is 0 Å². The zero-order chi connectivity index (χ0) is 18.0. The fourth-order valence-corrected chi connectivity index (χ4v) is 4.59. The predicted molar refractivity (Wildman–Crippen MR) is 99.0 cm³/mol. The third-order valence-corrected chi connectivity index (χ3v) is 6.38. The van der Waals surface area contributed by atoms with Gasteiger partial charge in [0.15, 0.2) is 0 Å². The van der Waals surface area contributed by atoms with E-state index in [1.54, 1.807) is 6.07 Å². The molecule has 0 spiro atoms. The van der Waals surface area contributed by atoms with Gasteiger partial charge < -0.3 is 0 Å². The van der Waals surface area contributed by atoms with Crippen molar-refractivity contribution in [3.8, 4) is 0 Å². The lowest BCUT2D eigenvalue weighted by Gasteiger charge is -2.21. The van der Waals surface area contributed by atoms with Crippen LogP contribution in [0.4, 0.5) is 0 Å². The Balaban J connectivity index is 1.87. The number of likely N-dealkylation sites (tertiary alicyclic amines) is 1. The van der Waals surface area contributed by atoms with E-state index in [9.17, 15) is 8.42 Å². The molecule has 1 fully saturated rings. The molecule has 2 unspecified atom stereocenters. The maximum atomic E-state index is 12.3. The van der Waals surface area contributed by atoms with Crippen LogP contribution in [0.25, 0.3) is 0 Å². The molecule has 0 N–H and O–H groups in total. The van der Waals surface area contributed by atoms with E-state index in [0.29, 0.717) is 10.9 Å². The minimum atomic E-state index is -3.70. The van der Waals surface area contributed by atoms with Crippen molar-refractivity contribution in [1.82, 2.24) is 4.90 Å². The smallest absolute Gasteiger partial charge is 0.296 e. The van der Waals surface area contributed by atoms with Gasteiger partial charge in [0, 0.05) is 19.1 Å². The Hall–Kier alpha value is -1.69. The topological polar surface area (TPSA) is 46.6 Å². The van der Waals surface area contributed by atoms with E-state index in [2.05, 4.69) is 36.1 Å². The SMILES string of the molecule is COS(=O)(=O)c1ccc(C)cc1C1CC(C)N(Cc2ccccc2)C1. The molecular formula is C20H25NO3S. The number of nitrogens with zero attached hydrogens (tertiary/aromatic N) is 1. The molecule has 0 saturated carbocycles. The molecule has 2 aromatic carbocycles. The molecule has 1 aliphatic heterocycles. The van der Waals surface area contributed by atoms with Crippen molar-refractivity contribution in [2.24, 2.45) is 0 Å². The normalized spacial score (nSPS) is 21.6. The highest BCUT2D eigenvalue weighted by Gasteiger charge is 2.33. The molecule has 0 aromatic heterocycles. The third-order valence-electron chi connectivity index (χ3n) is 5.03. The largest absolute Gasteiger partial charge is 0.296 e. The van der Waals surface area contributed by atoms with E-state index in [0.717, 1.165) is 30.6 Å². The first kappa shape index (κ1) is 18.1. The molecular weight excluding hydrogens is 334 g/mol. The van der Waals surface area contributed by atoms with Crippen LogP contribution in [-0.4, -0.2) is 33.0 Å². The van der Waals surface area contributed by atoms with Crippen molar-refractivity contribution < 1.29 is 12.6 Å². The Kier molecular flexibility index (Phi) is 5.27. The summed E-state index contributed by atoms with van der Waals surface area (Å²) in [6.07, 6.45) is 0.947. The zero-order valence-electron chi connectivity index (χ0n) is 15.0. The average Bonchev–Trinajstić information content (AvgIpc) is 2.96. The van der Waals surface area contributed by atoms with Gasteiger partial charge in [0.1, 0.15) is 0 Å². The molecule has 0 amide bonds. The molecule has 0 radical (unpaired) electrons. The molecule has 2 atom stereocenters. The summed E-state index contributed by atoms with van der Waals surface area (Å²) in [6, 6.07) is 16.3. The van der Waals surface area contributed by atoms with E-state index in [1.165, 1.54) is 12.7 Å².